The molecule has 1 aliphatic heterocycles. The summed E-state index contributed by atoms with van der Waals surface area (Å²) in [5, 5.41) is 0.573. The van der Waals surface area contributed by atoms with E-state index >= 15 is 0 Å². The highest BCUT2D eigenvalue weighted by molar-refractivity contribution is 7.07. The highest BCUT2D eigenvalue weighted by atomic mass is 35.5. The fourth-order valence-electron chi connectivity index (χ4n) is 4.26. The second-order valence-electron chi connectivity index (χ2n) is 8.26. The van der Waals surface area contributed by atoms with Crippen LogP contribution in [-0.2, 0) is 9.53 Å². The van der Waals surface area contributed by atoms with Gasteiger partial charge in [0.1, 0.15) is 17.3 Å². The average Bonchev–Trinajstić information content (AvgIpc) is 3.48. The molecule has 2 aromatic carbocycles. The van der Waals surface area contributed by atoms with Crippen molar-refractivity contribution in [3.8, 4) is 17.1 Å². The molecule has 0 saturated heterocycles. The first-order chi connectivity index (χ1) is 17.9. The van der Waals surface area contributed by atoms with Crippen molar-refractivity contribution in [2.45, 2.75) is 19.9 Å². The van der Waals surface area contributed by atoms with Crippen LogP contribution in [0.2, 0.25) is 5.02 Å². The zero-order valence-electron chi connectivity index (χ0n) is 20.4. The molecule has 1 aliphatic rings. The van der Waals surface area contributed by atoms with E-state index in [1.807, 2.05) is 36.4 Å². The number of ether oxygens (including phenoxy) is 2. The number of nitrogens with zero attached hydrogens (tertiary/aromatic N) is 2. The van der Waals surface area contributed by atoms with Gasteiger partial charge in [0, 0.05) is 11.6 Å². The predicted molar refractivity (Wildman–Crippen MR) is 143 cm³/mol. The van der Waals surface area contributed by atoms with Crippen LogP contribution < -0.4 is 19.6 Å². The number of thiazole rings is 1. The van der Waals surface area contributed by atoms with Crippen LogP contribution in [0.25, 0.3) is 17.4 Å². The van der Waals surface area contributed by atoms with Crippen LogP contribution in [0, 0.1) is 0 Å². The lowest BCUT2D eigenvalue weighted by atomic mass is 9.96. The molecule has 188 valence electrons. The van der Waals surface area contributed by atoms with Crippen LogP contribution in [-0.4, -0.2) is 24.3 Å². The summed E-state index contributed by atoms with van der Waals surface area (Å²) in [4.78, 5) is 31.8. The summed E-state index contributed by atoms with van der Waals surface area (Å²) in [6.45, 7) is 3.70. The second-order valence-corrected chi connectivity index (χ2v) is 9.67. The van der Waals surface area contributed by atoms with Crippen molar-refractivity contribution >= 4 is 35.0 Å². The van der Waals surface area contributed by atoms with Crippen molar-refractivity contribution in [3.05, 3.63) is 108 Å². The Labute approximate surface area is 221 Å². The van der Waals surface area contributed by atoms with Gasteiger partial charge in [0.25, 0.3) is 5.56 Å². The van der Waals surface area contributed by atoms with Crippen LogP contribution in [0.4, 0.5) is 0 Å². The topological polar surface area (TPSA) is 83.0 Å². The van der Waals surface area contributed by atoms with E-state index in [1.54, 1.807) is 51.3 Å². The van der Waals surface area contributed by atoms with Crippen molar-refractivity contribution in [2.24, 2.45) is 4.99 Å². The quantitative estimate of drug-likeness (QED) is 0.334. The maximum absolute atomic E-state index is 13.7. The minimum absolute atomic E-state index is 0.210. The standard InChI is InChI=1S/C28H23ClN2O5S/c1-4-35-27(33)24-16(2)30-28-31(25(24)17-9-11-18(34-3)12-10-17)26(32)23(37-28)15-19-13-14-22(36-19)20-7-5-6-8-21(20)29/h5-15,25H,4H2,1-3H3/b23-15+/t25-/m0/s1. The fourth-order valence-corrected chi connectivity index (χ4v) is 5.51. The van der Waals surface area contributed by atoms with E-state index in [-0.39, 0.29) is 12.2 Å². The summed E-state index contributed by atoms with van der Waals surface area (Å²) in [7, 11) is 1.58. The van der Waals surface area contributed by atoms with Gasteiger partial charge in [-0.3, -0.25) is 9.36 Å². The minimum atomic E-state index is -0.696. The highest BCUT2D eigenvalue weighted by Gasteiger charge is 2.33. The number of halogens is 1. The number of furan rings is 1. The zero-order chi connectivity index (χ0) is 26.1. The number of aromatic nitrogens is 1. The molecule has 0 fully saturated rings. The third kappa shape index (κ3) is 4.65. The summed E-state index contributed by atoms with van der Waals surface area (Å²) in [5.74, 6) is 1.26. The molecule has 0 saturated carbocycles. The Balaban J connectivity index is 1.64. The number of fused-ring (bicyclic) bond motifs is 1. The maximum Gasteiger partial charge on any atom is 0.338 e. The van der Waals surface area contributed by atoms with Crippen LogP contribution in [0.1, 0.15) is 31.2 Å². The van der Waals surface area contributed by atoms with Crippen LogP contribution in [0.5, 0.6) is 5.75 Å². The van der Waals surface area contributed by atoms with E-state index in [9.17, 15) is 9.59 Å². The second kappa shape index (κ2) is 10.2. The van der Waals surface area contributed by atoms with E-state index in [0.29, 0.717) is 42.9 Å². The summed E-state index contributed by atoms with van der Waals surface area (Å²) < 4.78 is 18.6. The molecule has 3 heterocycles. The Hall–Kier alpha value is -3.88. The molecule has 2 aromatic heterocycles. The van der Waals surface area contributed by atoms with Gasteiger partial charge in [-0.2, -0.15) is 0 Å². The number of methoxy groups -OCH3 is 1. The van der Waals surface area contributed by atoms with Crippen molar-refractivity contribution in [1.29, 1.82) is 0 Å². The molecule has 0 radical (unpaired) electrons. The SMILES string of the molecule is CCOC(=O)C1=C(C)N=c2s/c(=C/c3ccc(-c4ccccc4Cl)o3)c(=O)n2[C@H]1c1ccc(OC)cc1. The predicted octanol–water partition coefficient (Wildman–Crippen LogP) is 4.72. The summed E-state index contributed by atoms with van der Waals surface area (Å²) >= 11 is 7.54. The molecule has 5 rings (SSSR count). The molecule has 0 spiro atoms. The Morgan fingerprint density at radius 1 is 1.16 bits per heavy atom. The lowest BCUT2D eigenvalue weighted by Gasteiger charge is -2.24. The van der Waals surface area contributed by atoms with Gasteiger partial charge in [0.15, 0.2) is 4.80 Å². The van der Waals surface area contributed by atoms with Crippen molar-refractivity contribution in [3.63, 3.8) is 0 Å². The first kappa shape index (κ1) is 24.8. The molecule has 0 N–H and O–H groups in total. The Morgan fingerprint density at radius 3 is 2.62 bits per heavy atom. The number of hydrogen-bond acceptors (Lipinski definition) is 7. The van der Waals surface area contributed by atoms with E-state index in [2.05, 4.69) is 4.99 Å². The Kier molecular flexibility index (Phi) is 6.86. The van der Waals surface area contributed by atoms with E-state index in [1.165, 1.54) is 15.9 Å². The molecule has 1 atom stereocenters. The molecule has 4 aromatic rings. The monoisotopic (exact) mass is 534 g/mol. The lowest BCUT2D eigenvalue weighted by molar-refractivity contribution is -0.139. The molecule has 0 unspecified atom stereocenters. The highest BCUT2D eigenvalue weighted by Crippen LogP contribution is 2.32. The summed E-state index contributed by atoms with van der Waals surface area (Å²) in [6, 6.07) is 17.5. The number of rotatable bonds is 6. The molecule has 0 bridgehead atoms. The van der Waals surface area contributed by atoms with Crippen molar-refractivity contribution in [1.82, 2.24) is 4.57 Å². The van der Waals surface area contributed by atoms with Gasteiger partial charge < -0.3 is 13.9 Å². The third-order valence-corrected chi connectivity index (χ3v) is 7.30. The fraction of sp³-hybridized carbons (Fsp3) is 0.179. The number of carbonyl (C=O) groups excluding carboxylic acids is 1. The Morgan fingerprint density at radius 2 is 1.92 bits per heavy atom. The van der Waals surface area contributed by atoms with Gasteiger partial charge >= 0.3 is 5.97 Å². The number of hydrogen-bond donors (Lipinski definition) is 0. The summed E-state index contributed by atoms with van der Waals surface area (Å²) in [6.07, 6.45) is 1.68. The van der Waals surface area contributed by atoms with Gasteiger partial charge in [-0.25, -0.2) is 9.79 Å². The van der Waals surface area contributed by atoms with Gasteiger partial charge in [0.2, 0.25) is 0 Å². The molecular weight excluding hydrogens is 512 g/mol. The third-order valence-electron chi connectivity index (χ3n) is 5.99. The number of esters is 1. The molecular formula is C28H23ClN2O5S. The van der Waals surface area contributed by atoms with Crippen LogP contribution in [0.15, 0.2) is 86.1 Å². The first-order valence-corrected chi connectivity index (χ1v) is 12.8. The van der Waals surface area contributed by atoms with Crippen LogP contribution in [0.3, 0.4) is 0 Å². The number of allylic oxidation sites excluding steroid dienone is 1. The van der Waals surface area contributed by atoms with E-state index < -0.39 is 12.0 Å². The first-order valence-electron chi connectivity index (χ1n) is 11.6. The van der Waals surface area contributed by atoms with Gasteiger partial charge in [0.05, 0.1) is 40.6 Å². The largest absolute Gasteiger partial charge is 0.497 e. The van der Waals surface area contributed by atoms with E-state index in [0.717, 1.165) is 11.1 Å². The molecule has 7 nitrogen and oxygen atoms in total. The number of benzene rings is 2. The minimum Gasteiger partial charge on any atom is -0.497 e. The molecule has 0 aliphatic carbocycles. The Bertz CT molecular complexity index is 1700. The zero-order valence-corrected chi connectivity index (χ0v) is 21.9. The summed E-state index contributed by atoms with van der Waals surface area (Å²) in [5.41, 5.74) is 2.05. The van der Waals surface area contributed by atoms with E-state index in [4.69, 9.17) is 25.5 Å². The lowest BCUT2D eigenvalue weighted by Crippen LogP contribution is -2.39. The normalized spacial score (nSPS) is 15.4. The maximum atomic E-state index is 13.7. The molecule has 0 amide bonds. The van der Waals surface area contributed by atoms with Crippen molar-refractivity contribution < 1.29 is 18.7 Å². The van der Waals surface area contributed by atoms with Gasteiger partial charge in [-0.05, 0) is 55.8 Å². The van der Waals surface area contributed by atoms with Crippen molar-refractivity contribution in [2.75, 3.05) is 13.7 Å². The smallest absolute Gasteiger partial charge is 0.338 e. The molecule has 37 heavy (non-hydrogen) atoms. The van der Waals surface area contributed by atoms with Crippen LogP contribution >= 0.6 is 22.9 Å². The molecule has 9 heteroatoms. The van der Waals surface area contributed by atoms with Gasteiger partial charge in [-0.1, -0.05) is 47.2 Å². The number of carbonyl (C=O) groups is 1. The average molecular weight is 535 g/mol. The van der Waals surface area contributed by atoms with Gasteiger partial charge in [-0.15, -0.1) is 0 Å².